The van der Waals surface area contributed by atoms with Crippen molar-refractivity contribution in [2.75, 3.05) is 39.3 Å². The summed E-state index contributed by atoms with van der Waals surface area (Å²) in [5, 5.41) is 4.45. The molecule has 0 radical (unpaired) electrons. The van der Waals surface area contributed by atoms with Crippen LogP contribution in [0.3, 0.4) is 0 Å². The molecule has 29 heavy (non-hydrogen) atoms. The Morgan fingerprint density at radius 2 is 1.72 bits per heavy atom. The predicted molar refractivity (Wildman–Crippen MR) is 106 cm³/mol. The minimum Gasteiger partial charge on any atom is -0.485 e. The molecule has 2 aromatic rings. The van der Waals surface area contributed by atoms with E-state index in [1.165, 1.54) is 11.3 Å². The third-order valence-electron chi connectivity index (χ3n) is 4.87. The summed E-state index contributed by atoms with van der Waals surface area (Å²) in [5.74, 6) is 0.645. The molecule has 2 aliphatic heterocycles. The Hall–Kier alpha value is -3.07. The monoisotopic (exact) mass is 415 g/mol. The van der Waals surface area contributed by atoms with Gasteiger partial charge in [-0.2, -0.15) is 0 Å². The van der Waals surface area contributed by atoms with E-state index in [1.807, 2.05) is 17.5 Å². The highest BCUT2D eigenvalue weighted by molar-refractivity contribution is 7.12. The molecule has 2 aliphatic rings. The highest BCUT2D eigenvalue weighted by Crippen LogP contribution is 2.31. The smallest absolute Gasteiger partial charge is 0.267 e. The summed E-state index contributed by atoms with van der Waals surface area (Å²) >= 11 is 1.33. The van der Waals surface area contributed by atoms with Crippen LogP contribution in [0.1, 0.15) is 9.67 Å². The number of hydrogen-bond acceptors (Lipinski definition) is 6. The average Bonchev–Trinajstić information content (AvgIpc) is 3.31. The molecular weight excluding hydrogens is 394 g/mol. The van der Waals surface area contributed by atoms with Crippen LogP contribution >= 0.6 is 11.3 Å². The zero-order valence-electron chi connectivity index (χ0n) is 15.7. The molecule has 3 amide bonds. The number of ether oxygens (including phenoxy) is 2. The molecule has 9 heteroatoms. The summed E-state index contributed by atoms with van der Waals surface area (Å²) < 4.78 is 11.4. The first-order valence-electron chi connectivity index (χ1n) is 9.38. The number of fused-ring (bicyclic) bond motifs is 1. The second-order valence-corrected chi connectivity index (χ2v) is 7.68. The van der Waals surface area contributed by atoms with Crippen molar-refractivity contribution < 1.29 is 23.9 Å². The highest BCUT2D eigenvalue weighted by Gasteiger charge is 2.33. The van der Waals surface area contributed by atoms with Crippen LogP contribution in [-0.2, 0) is 9.59 Å². The van der Waals surface area contributed by atoms with E-state index in [9.17, 15) is 14.4 Å². The Morgan fingerprint density at radius 1 is 1.00 bits per heavy atom. The van der Waals surface area contributed by atoms with Crippen molar-refractivity contribution in [3.63, 3.8) is 0 Å². The number of nitrogens with one attached hydrogen (secondary N) is 1. The summed E-state index contributed by atoms with van der Waals surface area (Å²) in [6.07, 6.45) is -0.683. The minimum atomic E-state index is -0.683. The van der Waals surface area contributed by atoms with Gasteiger partial charge in [-0.3, -0.25) is 14.4 Å². The number of hydrogen-bond donors (Lipinski definition) is 1. The predicted octanol–water partition coefficient (Wildman–Crippen LogP) is 0.989. The van der Waals surface area contributed by atoms with Gasteiger partial charge in [-0.1, -0.05) is 18.2 Å². The molecule has 4 rings (SSSR count). The largest absolute Gasteiger partial charge is 0.485 e. The van der Waals surface area contributed by atoms with Crippen LogP contribution in [0.4, 0.5) is 0 Å². The zero-order valence-corrected chi connectivity index (χ0v) is 16.5. The quantitative estimate of drug-likeness (QED) is 0.805. The van der Waals surface area contributed by atoms with Gasteiger partial charge in [-0.15, -0.1) is 11.3 Å². The van der Waals surface area contributed by atoms with Crippen LogP contribution < -0.4 is 14.8 Å². The van der Waals surface area contributed by atoms with Crippen LogP contribution in [0.2, 0.25) is 0 Å². The number of carbonyl (C=O) groups is 3. The lowest BCUT2D eigenvalue weighted by atomic mass is 10.2. The van der Waals surface area contributed by atoms with Crippen LogP contribution in [-0.4, -0.2) is 73.0 Å². The molecule has 8 nitrogen and oxygen atoms in total. The van der Waals surface area contributed by atoms with Gasteiger partial charge >= 0.3 is 0 Å². The van der Waals surface area contributed by atoms with Gasteiger partial charge in [0.1, 0.15) is 6.61 Å². The van der Waals surface area contributed by atoms with Crippen molar-refractivity contribution in [3.8, 4) is 11.5 Å². The summed E-state index contributed by atoms with van der Waals surface area (Å²) in [6.45, 7) is 1.80. The Labute approximate surface area is 172 Å². The lowest BCUT2D eigenvalue weighted by Crippen LogP contribution is -2.56. The lowest BCUT2D eigenvalue weighted by Gasteiger charge is -2.37. The number of para-hydroxylation sites is 2. The topological polar surface area (TPSA) is 88.2 Å². The maximum atomic E-state index is 12.7. The molecule has 1 saturated heterocycles. The molecule has 1 aromatic heterocycles. The number of benzene rings is 1. The second kappa shape index (κ2) is 8.52. The van der Waals surface area contributed by atoms with E-state index < -0.39 is 6.10 Å². The van der Waals surface area contributed by atoms with E-state index in [4.69, 9.17) is 9.47 Å². The summed E-state index contributed by atoms with van der Waals surface area (Å²) in [4.78, 5) is 41.0. The summed E-state index contributed by atoms with van der Waals surface area (Å²) in [6, 6.07) is 10.8. The molecule has 152 valence electrons. The van der Waals surface area contributed by atoms with Gasteiger partial charge in [0.25, 0.3) is 11.8 Å². The molecule has 3 heterocycles. The number of amides is 3. The third kappa shape index (κ3) is 4.34. The number of thiophene rings is 1. The molecular formula is C20H21N3O5S. The fourth-order valence-electron chi connectivity index (χ4n) is 3.28. The molecule has 0 unspecified atom stereocenters. The standard InChI is InChI=1S/C20H21N3O5S/c24-18(12-21-19(25)17-6-3-11-29-17)22-7-9-23(10-8-22)20(26)16-13-27-14-4-1-2-5-15(14)28-16/h1-6,11,16H,7-10,12-13H2,(H,21,25)/t16-/m0/s1. The van der Waals surface area contributed by atoms with Crippen molar-refractivity contribution in [1.29, 1.82) is 0 Å². The minimum absolute atomic E-state index is 0.0545. The van der Waals surface area contributed by atoms with Gasteiger partial charge in [0.05, 0.1) is 11.4 Å². The maximum Gasteiger partial charge on any atom is 0.267 e. The molecule has 0 spiro atoms. The second-order valence-electron chi connectivity index (χ2n) is 6.73. The summed E-state index contributed by atoms with van der Waals surface area (Å²) in [7, 11) is 0. The molecule has 1 fully saturated rings. The molecule has 1 atom stereocenters. The Morgan fingerprint density at radius 3 is 2.45 bits per heavy atom. The van der Waals surface area contributed by atoms with E-state index in [-0.39, 0.29) is 30.9 Å². The van der Waals surface area contributed by atoms with Gasteiger partial charge in [-0.05, 0) is 23.6 Å². The van der Waals surface area contributed by atoms with E-state index in [2.05, 4.69) is 5.32 Å². The van der Waals surface area contributed by atoms with Crippen molar-refractivity contribution >= 4 is 29.1 Å². The van der Waals surface area contributed by atoms with Crippen LogP contribution in [0, 0.1) is 0 Å². The normalized spacial score (nSPS) is 18.3. The number of rotatable bonds is 4. The van der Waals surface area contributed by atoms with Crippen LogP contribution in [0.25, 0.3) is 0 Å². The number of carbonyl (C=O) groups excluding carboxylic acids is 3. The first-order chi connectivity index (χ1) is 14.1. The highest BCUT2D eigenvalue weighted by atomic mass is 32.1. The fraction of sp³-hybridized carbons (Fsp3) is 0.350. The molecule has 0 bridgehead atoms. The van der Waals surface area contributed by atoms with E-state index >= 15 is 0 Å². The van der Waals surface area contributed by atoms with Gasteiger partial charge in [0.15, 0.2) is 11.5 Å². The van der Waals surface area contributed by atoms with Crippen molar-refractivity contribution in [3.05, 3.63) is 46.7 Å². The fourth-order valence-corrected chi connectivity index (χ4v) is 3.92. The molecule has 1 N–H and O–H groups in total. The average molecular weight is 415 g/mol. The van der Waals surface area contributed by atoms with Gasteiger partial charge in [-0.25, -0.2) is 0 Å². The first-order valence-corrected chi connectivity index (χ1v) is 10.3. The van der Waals surface area contributed by atoms with Crippen molar-refractivity contribution in [2.24, 2.45) is 0 Å². The summed E-state index contributed by atoms with van der Waals surface area (Å²) in [5.41, 5.74) is 0. The third-order valence-corrected chi connectivity index (χ3v) is 5.74. The van der Waals surface area contributed by atoms with Gasteiger partial charge in [0.2, 0.25) is 12.0 Å². The molecule has 1 aromatic carbocycles. The molecule has 0 aliphatic carbocycles. The van der Waals surface area contributed by atoms with Crippen LogP contribution in [0.5, 0.6) is 11.5 Å². The van der Waals surface area contributed by atoms with Crippen LogP contribution in [0.15, 0.2) is 41.8 Å². The van der Waals surface area contributed by atoms with E-state index in [0.29, 0.717) is 42.6 Å². The number of nitrogens with zero attached hydrogens (tertiary/aromatic N) is 2. The SMILES string of the molecule is O=C(NCC(=O)N1CCN(C(=O)[C@@H]2COc3ccccc3O2)CC1)c1cccs1. The zero-order chi connectivity index (χ0) is 20.2. The Kier molecular flexibility index (Phi) is 5.66. The van der Waals surface area contributed by atoms with E-state index in [0.717, 1.165) is 0 Å². The Bertz CT molecular complexity index is 893. The molecule has 0 saturated carbocycles. The van der Waals surface area contributed by atoms with Crippen molar-refractivity contribution in [1.82, 2.24) is 15.1 Å². The first kappa shape index (κ1) is 19.3. The lowest BCUT2D eigenvalue weighted by molar-refractivity contribution is -0.146. The maximum absolute atomic E-state index is 12.7. The van der Waals surface area contributed by atoms with E-state index in [1.54, 1.807) is 34.1 Å². The van der Waals surface area contributed by atoms with Gasteiger partial charge in [0, 0.05) is 26.2 Å². The van der Waals surface area contributed by atoms with Crippen molar-refractivity contribution in [2.45, 2.75) is 6.10 Å². The van der Waals surface area contributed by atoms with Gasteiger partial charge < -0.3 is 24.6 Å². The Balaban J connectivity index is 1.24. The number of piperazine rings is 1.